The van der Waals surface area contributed by atoms with Crippen molar-refractivity contribution in [2.45, 2.75) is 38.6 Å². The molecule has 1 aromatic carbocycles. The van der Waals surface area contributed by atoms with Gasteiger partial charge in [-0.1, -0.05) is 25.1 Å². The summed E-state index contributed by atoms with van der Waals surface area (Å²) in [5.74, 6) is 0. The molecular weight excluding hydrogens is 238 g/mol. The molecule has 0 aromatic heterocycles. The Balaban J connectivity index is 2.31. The van der Waals surface area contributed by atoms with E-state index in [1.54, 1.807) is 0 Å². The van der Waals surface area contributed by atoms with Gasteiger partial charge in [-0.05, 0) is 37.3 Å². The second-order valence-electron chi connectivity index (χ2n) is 5.01. The summed E-state index contributed by atoms with van der Waals surface area (Å²) in [4.78, 5) is 14.3. The van der Waals surface area contributed by atoms with Crippen LogP contribution >= 0.6 is 0 Å². The molecule has 1 aromatic rings. The van der Waals surface area contributed by atoms with Gasteiger partial charge >= 0.3 is 6.03 Å². The van der Waals surface area contributed by atoms with E-state index in [-0.39, 0.29) is 12.1 Å². The molecule has 0 bridgehead atoms. The van der Waals surface area contributed by atoms with Crippen LogP contribution in [0.5, 0.6) is 0 Å². The first-order valence-electron chi connectivity index (χ1n) is 7.13. The van der Waals surface area contributed by atoms with E-state index in [1.165, 1.54) is 5.56 Å². The highest BCUT2D eigenvalue weighted by Gasteiger charge is 2.27. The Bertz CT molecular complexity index is 433. The average molecular weight is 261 g/mol. The number of nitrogens with one attached hydrogen (secondary N) is 1. The van der Waals surface area contributed by atoms with Crippen LogP contribution in [-0.2, 0) is 6.42 Å². The Kier molecular flexibility index (Phi) is 4.80. The van der Waals surface area contributed by atoms with Crippen molar-refractivity contribution in [2.24, 2.45) is 5.73 Å². The number of nitrogens with two attached hydrogens (primary N) is 1. The fourth-order valence-electron chi connectivity index (χ4n) is 2.63. The summed E-state index contributed by atoms with van der Waals surface area (Å²) in [5, 5.41) is 2.97. The van der Waals surface area contributed by atoms with Crippen LogP contribution in [0, 0.1) is 0 Å². The molecule has 1 heterocycles. The number of rotatable bonds is 3. The molecule has 0 saturated carbocycles. The highest BCUT2D eigenvalue weighted by atomic mass is 16.2. The molecule has 0 radical (unpaired) electrons. The number of anilines is 1. The third kappa shape index (κ3) is 3.07. The third-order valence-electron chi connectivity index (χ3n) is 3.62. The van der Waals surface area contributed by atoms with Gasteiger partial charge in [0.05, 0.1) is 6.04 Å². The van der Waals surface area contributed by atoms with E-state index >= 15 is 0 Å². The number of nitrogens with zero attached hydrogens (tertiary/aromatic N) is 1. The fourth-order valence-corrected chi connectivity index (χ4v) is 2.63. The van der Waals surface area contributed by atoms with Gasteiger partial charge in [0.2, 0.25) is 0 Å². The van der Waals surface area contributed by atoms with E-state index in [0.717, 1.165) is 31.4 Å². The number of hydrogen-bond acceptors (Lipinski definition) is 2. The summed E-state index contributed by atoms with van der Waals surface area (Å²) >= 11 is 0. The lowest BCUT2D eigenvalue weighted by Gasteiger charge is -2.30. The van der Waals surface area contributed by atoms with E-state index in [9.17, 15) is 4.79 Å². The summed E-state index contributed by atoms with van der Waals surface area (Å²) in [7, 11) is 0. The van der Waals surface area contributed by atoms with Gasteiger partial charge in [-0.2, -0.15) is 0 Å². The van der Waals surface area contributed by atoms with Crippen molar-refractivity contribution in [2.75, 3.05) is 18.0 Å². The highest BCUT2D eigenvalue weighted by Crippen LogP contribution is 2.29. The van der Waals surface area contributed by atoms with Crippen LogP contribution < -0.4 is 16.0 Å². The smallest absolute Gasteiger partial charge is 0.322 e. The van der Waals surface area contributed by atoms with Crippen molar-refractivity contribution in [3.05, 3.63) is 29.8 Å². The van der Waals surface area contributed by atoms with Gasteiger partial charge in [-0.15, -0.1) is 0 Å². The Labute approximate surface area is 115 Å². The number of fused-ring (bicyclic) bond motifs is 1. The van der Waals surface area contributed by atoms with Crippen molar-refractivity contribution < 1.29 is 4.79 Å². The quantitative estimate of drug-likeness (QED) is 0.877. The number of aryl methyl sites for hydroxylation is 1. The number of urea groups is 1. The van der Waals surface area contributed by atoms with E-state index in [4.69, 9.17) is 5.73 Å². The first-order chi connectivity index (χ1) is 9.27. The Hall–Kier alpha value is -1.55. The SMILES string of the molecule is CCCNC(=O)N1c2ccccc2CCCC1CN. The van der Waals surface area contributed by atoms with E-state index in [1.807, 2.05) is 23.1 Å². The molecule has 0 saturated heterocycles. The molecule has 0 fully saturated rings. The van der Waals surface area contributed by atoms with Crippen molar-refractivity contribution in [1.29, 1.82) is 0 Å². The van der Waals surface area contributed by atoms with E-state index in [2.05, 4.69) is 18.3 Å². The third-order valence-corrected chi connectivity index (χ3v) is 3.62. The maximum atomic E-state index is 12.4. The Morgan fingerprint density at radius 1 is 1.47 bits per heavy atom. The maximum Gasteiger partial charge on any atom is 0.322 e. The number of carbonyl (C=O) groups is 1. The van der Waals surface area contributed by atoms with Crippen molar-refractivity contribution in [3.63, 3.8) is 0 Å². The molecule has 2 rings (SSSR count). The minimum atomic E-state index is -0.0216. The number of amides is 2. The van der Waals surface area contributed by atoms with Gasteiger partial charge in [0.25, 0.3) is 0 Å². The highest BCUT2D eigenvalue weighted by molar-refractivity contribution is 5.93. The van der Waals surface area contributed by atoms with Crippen LogP contribution in [0.25, 0.3) is 0 Å². The number of para-hydroxylation sites is 1. The normalized spacial score (nSPS) is 18.6. The zero-order chi connectivity index (χ0) is 13.7. The lowest BCUT2D eigenvalue weighted by atomic mass is 10.1. The van der Waals surface area contributed by atoms with Crippen LogP contribution in [0.4, 0.5) is 10.5 Å². The fraction of sp³-hybridized carbons (Fsp3) is 0.533. The molecule has 0 spiro atoms. The molecule has 4 heteroatoms. The average Bonchev–Trinajstić information content (AvgIpc) is 2.63. The number of benzene rings is 1. The second kappa shape index (κ2) is 6.57. The molecule has 104 valence electrons. The predicted molar refractivity (Wildman–Crippen MR) is 78.4 cm³/mol. The predicted octanol–water partition coefficient (Wildman–Crippen LogP) is 2.28. The van der Waals surface area contributed by atoms with Crippen LogP contribution in [-0.4, -0.2) is 25.2 Å². The monoisotopic (exact) mass is 261 g/mol. The van der Waals surface area contributed by atoms with Gasteiger partial charge in [0.1, 0.15) is 0 Å². The maximum absolute atomic E-state index is 12.4. The molecule has 1 atom stereocenters. The number of carbonyl (C=O) groups excluding carboxylic acids is 1. The van der Waals surface area contributed by atoms with Gasteiger partial charge in [0.15, 0.2) is 0 Å². The summed E-state index contributed by atoms with van der Waals surface area (Å²) in [5.41, 5.74) is 8.12. The van der Waals surface area contributed by atoms with E-state index < -0.39 is 0 Å². The van der Waals surface area contributed by atoms with Gasteiger partial charge in [0, 0.05) is 18.8 Å². The summed E-state index contributed by atoms with van der Waals surface area (Å²) in [6.07, 6.45) is 4.00. The molecule has 19 heavy (non-hydrogen) atoms. The molecule has 0 aliphatic carbocycles. The molecule has 4 nitrogen and oxygen atoms in total. The minimum absolute atomic E-state index is 0.0216. The largest absolute Gasteiger partial charge is 0.338 e. The molecule has 1 aliphatic heterocycles. The topological polar surface area (TPSA) is 58.4 Å². The number of hydrogen-bond donors (Lipinski definition) is 2. The molecule has 1 unspecified atom stereocenters. The zero-order valence-corrected chi connectivity index (χ0v) is 11.6. The minimum Gasteiger partial charge on any atom is -0.338 e. The first-order valence-corrected chi connectivity index (χ1v) is 7.13. The van der Waals surface area contributed by atoms with Crippen molar-refractivity contribution in [3.8, 4) is 0 Å². The van der Waals surface area contributed by atoms with Crippen LogP contribution in [0.2, 0.25) is 0 Å². The summed E-state index contributed by atoms with van der Waals surface area (Å²) in [6.45, 7) is 3.26. The van der Waals surface area contributed by atoms with E-state index in [0.29, 0.717) is 13.1 Å². The lowest BCUT2D eigenvalue weighted by Crippen LogP contribution is -2.49. The second-order valence-corrected chi connectivity index (χ2v) is 5.01. The van der Waals surface area contributed by atoms with Gasteiger partial charge < -0.3 is 11.1 Å². The summed E-state index contributed by atoms with van der Waals surface area (Å²) < 4.78 is 0. The molecule has 3 N–H and O–H groups in total. The first kappa shape index (κ1) is 13.9. The van der Waals surface area contributed by atoms with Crippen LogP contribution in [0.1, 0.15) is 31.7 Å². The molecule has 1 aliphatic rings. The van der Waals surface area contributed by atoms with Crippen LogP contribution in [0.3, 0.4) is 0 Å². The van der Waals surface area contributed by atoms with Crippen LogP contribution in [0.15, 0.2) is 24.3 Å². The lowest BCUT2D eigenvalue weighted by molar-refractivity contribution is 0.243. The zero-order valence-electron chi connectivity index (χ0n) is 11.6. The Morgan fingerprint density at radius 2 is 2.26 bits per heavy atom. The standard InChI is InChI=1S/C15H23N3O/c1-2-10-17-15(19)18-13(11-16)8-5-7-12-6-3-4-9-14(12)18/h3-4,6,9,13H,2,5,7-8,10-11,16H2,1H3,(H,17,19). The van der Waals surface area contributed by atoms with Crippen molar-refractivity contribution >= 4 is 11.7 Å². The van der Waals surface area contributed by atoms with Crippen molar-refractivity contribution in [1.82, 2.24) is 5.32 Å². The van der Waals surface area contributed by atoms with Gasteiger partial charge in [-0.25, -0.2) is 4.79 Å². The van der Waals surface area contributed by atoms with Gasteiger partial charge in [-0.3, -0.25) is 4.90 Å². The Morgan fingerprint density at radius 3 is 3.00 bits per heavy atom. The summed E-state index contributed by atoms with van der Waals surface area (Å²) in [6, 6.07) is 8.22. The molecule has 2 amide bonds. The molecular formula is C15H23N3O.